The minimum absolute atomic E-state index is 0.0367. The molecule has 0 aromatic carbocycles. The Bertz CT molecular complexity index is 890. The Morgan fingerprint density at radius 3 is 2.61 bits per heavy atom. The second-order valence-corrected chi connectivity index (χ2v) is 10.6. The summed E-state index contributed by atoms with van der Waals surface area (Å²) in [4.78, 5) is 36.1. The number of carboxylic acids is 1. The lowest BCUT2D eigenvalue weighted by atomic mass is 9.46. The lowest BCUT2D eigenvalue weighted by molar-refractivity contribution is -0.188. The Hall–Kier alpha value is -1.83. The maximum atomic E-state index is 13.2. The van der Waals surface area contributed by atoms with Crippen LogP contribution < -0.4 is 0 Å². The highest BCUT2D eigenvalue weighted by molar-refractivity contribution is 6.01. The first-order valence-corrected chi connectivity index (χ1v) is 11.1. The van der Waals surface area contributed by atoms with E-state index in [2.05, 4.69) is 6.92 Å². The largest absolute Gasteiger partial charge is 0.481 e. The fraction of sp³-hybridized carbons (Fsp3) is 0.708. The second kappa shape index (κ2) is 7.09. The third kappa shape index (κ3) is 2.93. The molecule has 7 nitrogen and oxygen atoms in total. The molecule has 4 N–H and O–H groups in total. The van der Waals surface area contributed by atoms with Gasteiger partial charge in [-0.2, -0.15) is 0 Å². The Labute approximate surface area is 181 Å². The smallest absolute Gasteiger partial charge is 0.306 e. The fourth-order valence-electron chi connectivity index (χ4n) is 7.70. The predicted molar refractivity (Wildman–Crippen MR) is 111 cm³/mol. The number of hydrogen-bond acceptors (Lipinski definition) is 6. The van der Waals surface area contributed by atoms with E-state index < -0.39 is 52.7 Å². The van der Waals surface area contributed by atoms with Crippen LogP contribution in [-0.4, -0.2) is 55.8 Å². The minimum atomic E-state index is -1.91. The summed E-state index contributed by atoms with van der Waals surface area (Å²) in [5.41, 5.74) is -2.31. The Morgan fingerprint density at radius 2 is 1.97 bits per heavy atom. The maximum Gasteiger partial charge on any atom is 0.306 e. The highest BCUT2D eigenvalue weighted by Gasteiger charge is 2.71. The van der Waals surface area contributed by atoms with Gasteiger partial charge in [0.05, 0.1) is 12.5 Å². The van der Waals surface area contributed by atoms with E-state index in [4.69, 9.17) is 5.11 Å². The average molecular weight is 433 g/mol. The monoisotopic (exact) mass is 432 g/mol. The summed E-state index contributed by atoms with van der Waals surface area (Å²) in [6, 6.07) is 0. The number of aliphatic hydroxyl groups is 3. The lowest BCUT2D eigenvalue weighted by Crippen LogP contribution is -2.63. The van der Waals surface area contributed by atoms with Gasteiger partial charge in [0.2, 0.25) is 0 Å². The highest BCUT2D eigenvalue weighted by Crippen LogP contribution is 2.68. The number of aliphatic hydroxyl groups excluding tert-OH is 2. The molecule has 31 heavy (non-hydrogen) atoms. The molecule has 0 spiro atoms. The molecule has 3 fully saturated rings. The summed E-state index contributed by atoms with van der Waals surface area (Å²) in [5.74, 6) is -2.84. The first-order chi connectivity index (χ1) is 14.4. The maximum absolute atomic E-state index is 13.2. The van der Waals surface area contributed by atoms with E-state index >= 15 is 0 Å². The van der Waals surface area contributed by atoms with Crippen LogP contribution in [0.2, 0.25) is 0 Å². The van der Waals surface area contributed by atoms with Crippen molar-refractivity contribution in [2.24, 2.45) is 34.5 Å². The van der Waals surface area contributed by atoms with Gasteiger partial charge in [-0.05, 0) is 55.6 Å². The molecule has 0 aromatic heterocycles. The first-order valence-electron chi connectivity index (χ1n) is 11.1. The zero-order chi connectivity index (χ0) is 22.9. The van der Waals surface area contributed by atoms with Gasteiger partial charge in [-0.1, -0.05) is 32.4 Å². The van der Waals surface area contributed by atoms with E-state index in [9.17, 15) is 29.7 Å². The Kier molecular flexibility index (Phi) is 5.11. The first kappa shape index (κ1) is 22.4. The van der Waals surface area contributed by atoms with Crippen LogP contribution in [0.1, 0.15) is 52.9 Å². The molecule has 170 valence electrons. The summed E-state index contributed by atoms with van der Waals surface area (Å²) in [6.07, 6.45) is 3.99. The molecule has 0 bridgehead atoms. The van der Waals surface area contributed by atoms with Crippen molar-refractivity contribution in [3.8, 4) is 0 Å². The summed E-state index contributed by atoms with van der Waals surface area (Å²) in [7, 11) is 0. The van der Waals surface area contributed by atoms with Crippen molar-refractivity contribution in [2.75, 3.05) is 0 Å². The van der Waals surface area contributed by atoms with Crippen LogP contribution in [-0.2, 0) is 14.4 Å². The van der Waals surface area contributed by atoms with E-state index in [1.54, 1.807) is 26.0 Å². The summed E-state index contributed by atoms with van der Waals surface area (Å²) in [5, 5.41) is 42.3. The number of Topliss-reactive ketones (excluding diaryl/α,β-unsaturated/α-hetero) is 1. The molecule has 3 unspecified atom stereocenters. The molecule has 3 saturated carbocycles. The van der Waals surface area contributed by atoms with Crippen LogP contribution >= 0.6 is 0 Å². The van der Waals surface area contributed by atoms with Gasteiger partial charge in [-0.25, -0.2) is 0 Å². The highest BCUT2D eigenvalue weighted by atomic mass is 16.4. The SMILES string of the molecule is CC1C[C@H]2[C@@H]3CCC4=CC(=O)C=C[C@]4(C)[C@H]3C(O)C[C@]2(C)[C@@]1(O)C(=O)C(O)CC(=O)O. The number of hydrogen-bond donors (Lipinski definition) is 4. The van der Waals surface area contributed by atoms with Crippen molar-refractivity contribution in [1.82, 2.24) is 0 Å². The fourth-order valence-corrected chi connectivity index (χ4v) is 7.70. The van der Waals surface area contributed by atoms with Gasteiger partial charge in [-0.3, -0.25) is 14.4 Å². The summed E-state index contributed by atoms with van der Waals surface area (Å²) < 4.78 is 0. The van der Waals surface area contributed by atoms with Gasteiger partial charge in [0.15, 0.2) is 11.6 Å². The Balaban J connectivity index is 1.72. The van der Waals surface area contributed by atoms with E-state index in [0.717, 1.165) is 18.4 Å². The molecule has 0 saturated heterocycles. The van der Waals surface area contributed by atoms with Gasteiger partial charge in [-0.15, -0.1) is 0 Å². The number of aliphatic carboxylic acids is 1. The topological polar surface area (TPSA) is 132 Å². The number of allylic oxidation sites excluding steroid dienone is 4. The van der Waals surface area contributed by atoms with Crippen molar-refractivity contribution < 1.29 is 34.8 Å². The predicted octanol–water partition coefficient (Wildman–Crippen LogP) is 1.65. The third-order valence-electron chi connectivity index (χ3n) is 9.12. The van der Waals surface area contributed by atoms with Crippen molar-refractivity contribution >= 4 is 17.5 Å². The van der Waals surface area contributed by atoms with E-state index in [-0.39, 0.29) is 30.0 Å². The molecule has 0 aliphatic heterocycles. The van der Waals surface area contributed by atoms with E-state index in [1.165, 1.54) is 0 Å². The van der Waals surface area contributed by atoms with Crippen LogP contribution in [0.25, 0.3) is 0 Å². The summed E-state index contributed by atoms with van der Waals surface area (Å²) in [6.45, 7) is 5.63. The molecule has 0 amide bonds. The van der Waals surface area contributed by atoms with Gasteiger partial charge >= 0.3 is 5.97 Å². The molecule has 0 radical (unpaired) electrons. The Morgan fingerprint density at radius 1 is 1.29 bits per heavy atom. The van der Waals surface area contributed by atoms with Crippen LogP contribution in [0.3, 0.4) is 0 Å². The van der Waals surface area contributed by atoms with E-state index in [1.807, 2.05) is 6.08 Å². The molecule has 7 heteroatoms. The van der Waals surface area contributed by atoms with Gasteiger partial charge in [0.1, 0.15) is 11.7 Å². The molecule has 9 atom stereocenters. The minimum Gasteiger partial charge on any atom is -0.481 e. The van der Waals surface area contributed by atoms with Gasteiger partial charge in [0.25, 0.3) is 0 Å². The van der Waals surface area contributed by atoms with Gasteiger partial charge < -0.3 is 20.4 Å². The summed E-state index contributed by atoms with van der Waals surface area (Å²) >= 11 is 0. The second-order valence-electron chi connectivity index (χ2n) is 10.6. The van der Waals surface area contributed by atoms with Crippen molar-refractivity contribution in [1.29, 1.82) is 0 Å². The number of carbonyl (C=O) groups is 3. The number of ketones is 2. The van der Waals surface area contributed by atoms with Crippen molar-refractivity contribution in [3.05, 3.63) is 23.8 Å². The standard InChI is InChI=1S/C24H32O7/c1-12-8-16-15-5-4-13-9-14(25)6-7-22(13,2)20(15)18(27)11-23(16,3)24(12,31)21(30)17(26)10-19(28)29/h6-7,9,12,15-18,20,26-27,31H,4-5,8,10-11H2,1-3H3,(H,28,29)/t12?,15-,16-,17?,18?,20+,22-,23-,24-/m0/s1. The zero-order valence-electron chi connectivity index (χ0n) is 18.2. The van der Waals surface area contributed by atoms with E-state index in [0.29, 0.717) is 6.42 Å². The third-order valence-corrected chi connectivity index (χ3v) is 9.12. The lowest BCUT2D eigenvalue weighted by Gasteiger charge is -2.59. The molecular weight excluding hydrogens is 400 g/mol. The van der Waals surface area contributed by atoms with Crippen LogP contribution in [0, 0.1) is 34.5 Å². The number of rotatable bonds is 4. The van der Waals surface area contributed by atoms with Crippen LogP contribution in [0.5, 0.6) is 0 Å². The molecule has 0 aromatic rings. The normalized spacial score (nSPS) is 47.1. The quantitative estimate of drug-likeness (QED) is 0.531. The number of carbonyl (C=O) groups excluding carboxylic acids is 2. The van der Waals surface area contributed by atoms with Crippen LogP contribution in [0.15, 0.2) is 23.8 Å². The van der Waals surface area contributed by atoms with Crippen molar-refractivity contribution in [3.63, 3.8) is 0 Å². The molecule has 4 aliphatic rings. The number of fused-ring (bicyclic) bond motifs is 5. The molecule has 0 heterocycles. The van der Waals surface area contributed by atoms with Crippen molar-refractivity contribution in [2.45, 2.75) is 70.7 Å². The van der Waals surface area contributed by atoms with Crippen LogP contribution in [0.4, 0.5) is 0 Å². The zero-order valence-corrected chi connectivity index (χ0v) is 18.2. The number of carboxylic acid groups (broad SMARTS) is 1. The average Bonchev–Trinajstić information content (AvgIpc) is 2.88. The van der Waals surface area contributed by atoms with Gasteiger partial charge in [0, 0.05) is 16.7 Å². The molecule has 4 rings (SSSR count). The molecule has 4 aliphatic carbocycles. The molecular formula is C24H32O7.